The number of nitrogens with two attached hydrogens (primary N) is 1. The highest BCUT2D eigenvalue weighted by molar-refractivity contribution is 6.00. The Morgan fingerprint density at radius 2 is 1.84 bits per heavy atom. The highest BCUT2D eigenvalue weighted by Crippen LogP contribution is 2.62. The number of H-pyrrole nitrogens is 1. The average Bonchev–Trinajstić information content (AvgIpc) is 3.28. The van der Waals surface area contributed by atoms with Gasteiger partial charge in [-0.3, -0.25) is 9.59 Å². The molecule has 5 N–H and O–H groups in total. The maximum Gasteiger partial charge on any atom is 0.424 e. The van der Waals surface area contributed by atoms with Crippen molar-refractivity contribution in [2.75, 3.05) is 20.8 Å². The van der Waals surface area contributed by atoms with Crippen LogP contribution in [0.1, 0.15) is 21.7 Å². The van der Waals surface area contributed by atoms with Crippen LogP contribution in [-0.2, 0) is 15.8 Å². The summed E-state index contributed by atoms with van der Waals surface area (Å²) >= 11 is 0. The summed E-state index contributed by atoms with van der Waals surface area (Å²) < 4.78 is 88.4. The number of pyridine rings is 1. The maximum absolute atomic E-state index is 14.8. The highest BCUT2D eigenvalue weighted by atomic mass is 19.4. The topological polar surface area (TPSA) is 149 Å². The number of benzene rings is 2. The summed E-state index contributed by atoms with van der Waals surface area (Å²) in [6, 6.07) is 9.53. The van der Waals surface area contributed by atoms with Crippen molar-refractivity contribution >= 4 is 22.7 Å². The van der Waals surface area contributed by atoms with Crippen LogP contribution in [0, 0.1) is 5.82 Å². The zero-order valence-electron chi connectivity index (χ0n) is 22.9. The fourth-order valence-corrected chi connectivity index (χ4v) is 5.51. The number of amides is 2. The Morgan fingerprint density at radius 1 is 1.14 bits per heavy atom. The summed E-state index contributed by atoms with van der Waals surface area (Å²) in [5.41, 5.74) is -1.94. The van der Waals surface area contributed by atoms with Gasteiger partial charge in [-0.1, -0.05) is 0 Å². The molecule has 0 bridgehead atoms. The molecular formula is C29H23F5N4O6. The Balaban J connectivity index is 1.42. The lowest BCUT2D eigenvalue weighted by Crippen LogP contribution is -2.51. The van der Waals surface area contributed by atoms with Gasteiger partial charge in [0, 0.05) is 28.6 Å². The van der Waals surface area contributed by atoms with E-state index in [1.54, 1.807) is 12.1 Å². The molecule has 2 aromatic heterocycles. The minimum atomic E-state index is -5.45. The SMILES string of the molecule is COc1cc(OC)c2cc(C(=O)NC[C@](O)(c3cc4c(c(-c5ccc(F)cc5)n3)OC3C(F)[C@@]43C(N)=O)C(F)(F)F)[nH]c2c1. The summed E-state index contributed by atoms with van der Waals surface area (Å²) in [7, 11) is 2.80. The standard InChI is InChI=1S/C29H23F5N4O6/c1-42-14-7-17-15(19(8-14)43-2)9-18(37-17)25(39)36-11-27(41,29(32,33)34)20-10-16-22(44-24-23(31)28(16,24)26(35)40)21(38-20)12-3-5-13(30)6-4-12/h3-10,23-24,37,41H,11H2,1-2H3,(H2,35,40)(H,36,39)/t23?,24?,27-,28-/m0/s1. The second-order valence-electron chi connectivity index (χ2n) is 10.4. The van der Waals surface area contributed by atoms with E-state index in [0.717, 1.165) is 12.1 Å². The summed E-state index contributed by atoms with van der Waals surface area (Å²) in [6.07, 6.45) is -8.82. The first-order valence-electron chi connectivity index (χ1n) is 13.0. The van der Waals surface area contributed by atoms with E-state index in [9.17, 15) is 36.6 Å². The maximum atomic E-state index is 14.8. The normalized spacial score (nSPS) is 21.5. The van der Waals surface area contributed by atoms with Crippen molar-refractivity contribution in [2.24, 2.45) is 5.73 Å². The van der Waals surface area contributed by atoms with Crippen molar-refractivity contribution in [3.05, 3.63) is 71.3 Å². The minimum Gasteiger partial charge on any atom is -0.497 e. The molecule has 10 nitrogen and oxygen atoms in total. The number of methoxy groups -OCH3 is 2. The van der Waals surface area contributed by atoms with Crippen molar-refractivity contribution < 1.29 is 50.9 Å². The van der Waals surface area contributed by atoms with Crippen molar-refractivity contribution in [3.63, 3.8) is 0 Å². The van der Waals surface area contributed by atoms with E-state index in [0.29, 0.717) is 28.5 Å². The zero-order chi connectivity index (χ0) is 31.8. The zero-order valence-corrected chi connectivity index (χ0v) is 22.9. The van der Waals surface area contributed by atoms with Gasteiger partial charge < -0.3 is 35.4 Å². The first-order valence-corrected chi connectivity index (χ1v) is 13.0. The molecule has 1 aliphatic carbocycles. The first kappa shape index (κ1) is 29.2. The van der Waals surface area contributed by atoms with Crippen molar-refractivity contribution in [1.29, 1.82) is 0 Å². The molecule has 1 aliphatic heterocycles. The average molecular weight is 619 g/mol. The van der Waals surface area contributed by atoms with Gasteiger partial charge in [-0.2, -0.15) is 13.2 Å². The van der Waals surface area contributed by atoms with Gasteiger partial charge in [0.05, 0.1) is 32.0 Å². The number of rotatable bonds is 8. The molecule has 2 unspecified atom stereocenters. The first-order chi connectivity index (χ1) is 20.8. The Kier molecular flexibility index (Phi) is 6.50. The van der Waals surface area contributed by atoms with Crippen LogP contribution >= 0.6 is 0 Å². The molecule has 44 heavy (non-hydrogen) atoms. The number of hydrogen-bond acceptors (Lipinski definition) is 7. The van der Waals surface area contributed by atoms with Gasteiger partial charge in [-0.05, 0) is 36.4 Å². The van der Waals surface area contributed by atoms with Crippen molar-refractivity contribution in [3.8, 4) is 28.5 Å². The van der Waals surface area contributed by atoms with Crippen LogP contribution in [0.15, 0.2) is 48.5 Å². The Bertz CT molecular complexity index is 1830. The van der Waals surface area contributed by atoms with E-state index in [2.05, 4.69) is 15.3 Å². The molecule has 4 atom stereocenters. The van der Waals surface area contributed by atoms with Gasteiger partial charge in [0.15, 0.2) is 23.4 Å². The molecule has 4 aromatic rings. The number of nitrogens with zero attached hydrogens (tertiary/aromatic N) is 1. The molecule has 2 aliphatic rings. The number of fused-ring (bicyclic) bond motifs is 4. The fraction of sp³-hybridized carbons (Fsp3) is 0.276. The summed E-state index contributed by atoms with van der Waals surface area (Å²) in [4.78, 5) is 32.2. The molecule has 0 radical (unpaired) electrons. The number of halogens is 5. The quantitative estimate of drug-likeness (QED) is 0.221. The van der Waals surface area contributed by atoms with Crippen LogP contribution in [0.25, 0.3) is 22.2 Å². The molecule has 15 heteroatoms. The van der Waals surface area contributed by atoms with E-state index < -0.39 is 59.3 Å². The molecule has 1 saturated carbocycles. The fourth-order valence-electron chi connectivity index (χ4n) is 5.51. The van der Waals surface area contributed by atoms with E-state index in [-0.39, 0.29) is 28.3 Å². The van der Waals surface area contributed by atoms with Gasteiger partial charge in [0.25, 0.3) is 5.91 Å². The van der Waals surface area contributed by atoms with Crippen LogP contribution in [0.2, 0.25) is 0 Å². The summed E-state index contributed by atoms with van der Waals surface area (Å²) in [5.74, 6) is -2.38. The van der Waals surface area contributed by atoms with Crippen LogP contribution < -0.4 is 25.3 Å². The summed E-state index contributed by atoms with van der Waals surface area (Å²) in [5, 5.41) is 13.7. The van der Waals surface area contributed by atoms with Gasteiger partial charge >= 0.3 is 6.18 Å². The molecule has 6 rings (SSSR count). The number of aromatic amines is 1. The largest absolute Gasteiger partial charge is 0.497 e. The third-order valence-corrected chi connectivity index (χ3v) is 8.00. The number of primary amides is 1. The molecule has 3 heterocycles. The van der Waals surface area contributed by atoms with Crippen LogP contribution in [0.3, 0.4) is 0 Å². The van der Waals surface area contributed by atoms with Gasteiger partial charge in [0.2, 0.25) is 11.5 Å². The molecule has 2 amide bonds. The van der Waals surface area contributed by atoms with Crippen molar-refractivity contribution in [1.82, 2.24) is 15.3 Å². The predicted molar refractivity (Wildman–Crippen MR) is 144 cm³/mol. The number of hydrogen-bond donors (Lipinski definition) is 4. The second-order valence-corrected chi connectivity index (χ2v) is 10.4. The molecule has 0 saturated heterocycles. The minimum absolute atomic E-state index is 0.0526. The van der Waals surface area contributed by atoms with E-state index >= 15 is 0 Å². The number of aromatic nitrogens is 2. The molecule has 2 aromatic carbocycles. The van der Waals surface area contributed by atoms with E-state index in [4.69, 9.17) is 19.9 Å². The number of nitrogens with one attached hydrogen (secondary N) is 2. The number of ether oxygens (including phenoxy) is 3. The monoisotopic (exact) mass is 618 g/mol. The van der Waals surface area contributed by atoms with Gasteiger partial charge in [0.1, 0.15) is 28.7 Å². The molecule has 1 fully saturated rings. The number of carbonyl (C=O) groups is 2. The van der Waals surface area contributed by atoms with Crippen LogP contribution in [0.4, 0.5) is 22.0 Å². The number of alkyl halides is 4. The Hall–Kier alpha value is -4.92. The lowest BCUT2D eigenvalue weighted by molar-refractivity contribution is -0.265. The van der Waals surface area contributed by atoms with Crippen LogP contribution in [-0.4, -0.2) is 66.1 Å². The lowest BCUT2D eigenvalue weighted by Gasteiger charge is -2.31. The predicted octanol–water partition coefficient (Wildman–Crippen LogP) is 3.40. The smallest absolute Gasteiger partial charge is 0.424 e. The number of carbonyl (C=O) groups excluding carboxylic acids is 2. The number of aliphatic hydroxyl groups is 1. The Morgan fingerprint density at radius 3 is 2.45 bits per heavy atom. The van der Waals surface area contributed by atoms with Crippen molar-refractivity contribution in [2.45, 2.75) is 29.5 Å². The lowest BCUT2D eigenvalue weighted by atomic mass is 9.89. The van der Waals surface area contributed by atoms with Gasteiger partial charge in [-0.15, -0.1) is 0 Å². The summed E-state index contributed by atoms with van der Waals surface area (Å²) in [6.45, 7) is -1.44. The van der Waals surface area contributed by atoms with E-state index in [1.807, 2.05) is 0 Å². The van der Waals surface area contributed by atoms with E-state index in [1.165, 1.54) is 32.4 Å². The molecular weight excluding hydrogens is 595 g/mol. The van der Waals surface area contributed by atoms with Crippen LogP contribution in [0.5, 0.6) is 17.2 Å². The second kappa shape index (κ2) is 9.80. The highest BCUT2D eigenvalue weighted by Gasteiger charge is 2.78. The Labute approximate surface area is 244 Å². The third-order valence-electron chi connectivity index (χ3n) is 8.00. The third kappa shape index (κ3) is 4.13. The molecule has 0 spiro atoms. The van der Waals surface area contributed by atoms with Gasteiger partial charge in [-0.25, -0.2) is 13.8 Å². The molecule has 230 valence electrons.